The number of hydrogen-bond acceptors (Lipinski definition) is 7. The van der Waals surface area contributed by atoms with Crippen LogP contribution >= 0.6 is 0 Å². The summed E-state index contributed by atoms with van der Waals surface area (Å²) in [6, 6.07) is 15.3. The molecular formula is C17H14N6O2. The maximum atomic E-state index is 5.37. The molecule has 0 unspecified atom stereocenters. The van der Waals surface area contributed by atoms with Gasteiger partial charge in [0.1, 0.15) is 12.1 Å². The van der Waals surface area contributed by atoms with Crippen LogP contribution in [0.5, 0.6) is 5.75 Å². The maximum absolute atomic E-state index is 5.37. The highest BCUT2D eigenvalue weighted by atomic mass is 16.5. The number of ether oxygens (including phenoxy) is 1. The van der Waals surface area contributed by atoms with Gasteiger partial charge in [0.15, 0.2) is 5.82 Å². The third-order valence-corrected chi connectivity index (χ3v) is 3.72. The van der Waals surface area contributed by atoms with E-state index in [1.807, 2.05) is 48.5 Å². The van der Waals surface area contributed by atoms with Crippen molar-refractivity contribution in [1.82, 2.24) is 30.3 Å². The van der Waals surface area contributed by atoms with Gasteiger partial charge in [0.2, 0.25) is 0 Å². The Kier molecular flexibility index (Phi) is 3.91. The summed E-state index contributed by atoms with van der Waals surface area (Å²) in [6.45, 7) is 0. The predicted octanol–water partition coefficient (Wildman–Crippen LogP) is 2.31. The van der Waals surface area contributed by atoms with Crippen LogP contribution in [-0.2, 0) is 6.42 Å². The summed E-state index contributed by atoms with van der Waals surface area (Å²) in [7, 11) is 1.64. The highest BCUT2D eigenvalue weighted by Crippen LogP contribution is 2.20. The van der Waals surface area contributed by atoms with Crippen LogP contribution in [0.2, 0.25) is 0 Å². The first-order chi connectivity index (χ1) is 12.3. The molecule has 0 N–H and O–H groups in total. The molecule has 25 heavy (non-hydrogen) atoms. The predicted molar refractivity (Wildman–Crippen MR) is 88.2 cm³/mol. The average molecular weight is 334 g/mol. The molecule has 4 aromatic rings. The minimum atomic E-state index is 0.478. The van der Waals surface area contributed by atoms with E-state index in [1.165, 1.54) is 6.33 Å². The minimum absolute atomic E-state index is 0.478. The summed E-state index contributed by atoms with van der Waals surface area (Å²) in [5.74, 6) is 1.93. The Morgan fingerprint density at radius 3 is 2.52 bits per heavy atom. The molecule has 0 bridgehead atoms. The number of aromatic nitrogens is 6. The zero-order valence-corrected chi connectivity index (χ0v) is 13.4. The first-order valence-corrected chi connectivity index (χ1v) is 7.61. The van der Waals surface area contributed by atoms with Crippen molar-refractivity contribution in [3.63, 3.8) is 0 Å². The van der Waals surface area contributed by atoms with E-state index in [-0.39, 0.29) is 0 Å². The van der Waals surface area contributed by atoms with Gasteiger partial charge in [0.05, 0.1) is 12.8 Å². The van der Waals surface area contributed by atoms with E-state index in [0.29, 0.717) is 18.1 Å². The third kappa shape index (κ3) is 3.23. The van der Waals surface area contributed by atoms with Gasteiger partial charge in [0, 0.05) is 12.0 Å². The molecule has 2 heterocycles. The van der Waals surface area contributed by atoms with Crippen LogP contribution in [0.15, 0.2) is 59.4 Å². The van der Waals surface area contributed by atoms with Crippen molar-refractivity contribution in [3.05, 3.63) is 66.2 Å². The van der Waals surface area contributed by atoms with Gasteiger partial charge in [-0.15, -0.1) is 5.10 Å². The molecule has 4 rings (SSSR count). The Labute approximate surface area is 143 Å². The van der Waals surface area contributed by atoms with Crippen LogP contribution in [0.3, 0.4) is 0 Å². The van der Waals surface area contributed by atoms with Gasteiger partial charge in [0.25, 0.3) is 5.89 Å². The molecule has 0 amide bonds. The fraction of sp³-hybridized carbons (Fsp3) is 0.118. The lowest BCUT2D eigenvalue weighted by molar-refractivity contribution is 0.414. The largest absolute Gasteiger partial charge is 0.497 e. The molecule has 0 aliphatic carbocycles. The SMILES string of the molecule is COc1ccc(Cc2noc(-c3ccc(-n4cnnn4)cc3)n2)cc1. The average Bonchev–Trinajstić information content (AvgIpc) is 3.35. The quantitative estimate of drug-likeness (QED) is 0.553. The van der Waals surface area contributed by atoms with Crippen LogP contribution in [0.25, 0.3) is 17.1 Å². The highest BCUT2D eigenvalue weighted by Gasteiger charge is 2.10. The first kappa shape index (κ1) is 15.0. The normalized spacial score (nSPS) is 10.8. The van der Waals surface area contributed by atoms with Crippen LogP contribution in [0.1, 0.15) is 11.4 Å². The van der Waals surface area contributed by atoms with Crippen molar-refractivity contribution in [2.45, 2.75) is 6.42 Å². The van der Waals surface area contributed by atoms with E-state index >= 15 is 0 Å². The second kappa shape index (κ2) is 6.52. The Morgan fingerprint density at radius 1 is 1.04 bits per heavy atom. The van der Waals surface area contributed by atoms with E-state index in [2.05, 4.69) is 25.7 Å². The smallest absolute Gasteiger partial charge is 0.257 e. The number of rotatable bonds is 5. The maximum Gasteiger partial charge on any atom is 0.257 e. The van der Waals surface area contributed by atoms with E-state index < -0.39 is 0 Å². The summed E-state index contributed by atoms with van der Waals surface area (Å²) in [5, 5.41) is 15.1. The summed E-state index contributed by atoms with van der Waals surface area (Å²) in [4.78, 5) is 4.45. The fourth-order valence-electron chi connectivity index (χ4n) is 2.41. The Balaban J connectivity index is 1.50. The van der Waals surface area contributed by atoms with Gasteiger partial charge in [-0.05, 0) is 52.4 Å². The molecule has 8 nitrogen and oxygen atoms in total. The van der Waals surface area contributed by atoms with Crippen LogP contribution in [0.4, 0.5) is 0 Å². The third-order valence-electron chi connectivity index (χ3n) is 3.72. The number of nitrogens with zero attached hydrogens (tertiary/aromatic N) is 6. The number of hydrogen-bond donors (Lipinski definition) is 0. The van der Waals surface area contributed by atoms with Crippen molar-refractivity contribution >= 4 is 0 Å². The molecule has 0 spiro atoms. The van der Waals surface area contributed by atoms with Gasteiger partial charge >= 0.3 is 0 Å². The van der Waals surface area contributed by atoms with Crippen LogP contribution < -0.4 is 4.74 Å². The topological polar surface area (TPSA) is 91.8 Å². The van der Waals surface area contributed by atoms with E-state index in [9.17, 15) is 0 Å². The summed E-state index contributed by atoms with van der Waals surface area (Å²) in [6.07, 6.45) is 2.13. The lowest BCUT2D eigenvalue weighted by atomic mass is 10.1. The number of benzene rings is 2. The number of methoxy groups -OCH3 is 1. The zero-order chi connectivity index (χ0) is 17.1. The van der Waals surface area contributed by atoms with Gasteiger partial charge in [-0.2, -0.15) is 4.98 Å². The molecule has 124 valence electrons. The van der Waals surface area contributed by atoms with Crippen molar-refractivity contribution in [1.29, 1.82) is 0 Å². The summed E-state index contributed by atoms with van der Waals surface area (Å²) >= 11 is 0. The van der Waals surface area contributed by atoms with Crippen molar-refractivity contribution in [2.24, 2.45) is 0 Å². The summed E-state index contributed by atoms with van der Waals surface area (Å²) in [5.41, 5.74) is 2.78. The van der Waals surface area contributed by atoms with Crippen LogP contribution in [-0.4, -0.2) is 37.5 Å². The number of tetrazole rings is 1. The molecule has 0 aliphatic heterocycles. The van der Waals surface area contributed by atoms with Crippen molar-refractivity contribution in [2.75, 3.05) is 7.11 Å². The Hall–Kier alpha value is -3.55. The molecule has 0 radical (unpaired) electrons. The molecule has 2 aromatic heterocycles. The van der Waals surface area contributed by atoms with Crippen LogP contribution in [0, 0.1) is 0 Å². The second-order valence-electron chi connectivity index (χ2n) is 5.34. The molecule has 0 saturated carbocycles. The summed E-state index contributed by atoms with van der Waals surface area (Å²) < 4.78 is 12.1. The molecule has 0 fully saturated rings. The highest BCUT2D eigenvalue weighted by molar-refractivity contribution is 5.55. The second-order valence-corrected chi connectivity index (χ2v) is 5.34. The molecule has 8 heteroatoms. The van der Waals surface area contributed by atoms with Crippen molar-refractivity contribution < 1.29 is 9.26 Å². The van der Waals surface area contributed by atoms with Gasteiger partial charge < -0.3 is 9.26 Å². The van der Waals surface area contributed by atoms with Gasteiger partial charge in [-0.3, -0.25) is 0 Å². The van der Waals surface area contributed by atoms with Crippen molar-refractivity contribution in [3.8, 4) is 22.9 Å². The minimum Gasteiger partial charge on any atom is -0.497 e. The first-order valence-electron chi connectivity index (χ1n) is 7.61. The lowest BCUT2D eigenvalue weighted by Gasteiger charge is -2.00. The standard InChI is InChI=1S/C17H14N6O2/c1-24-15-8-2-12(3-9-15)10-16-19-17(25-20-16)13-4-6-14(7-5-13)23-11-18-21-22-23/h2-9,11H,10H2,1H3. The molecular weight excluding hydrogens is 320 g/mol. The molecule has 0 aliphatic rings. The molecule has 0 saturated heterocycles. The van der Waals surface area contributed by atoms with Gasteiger partial charge in [-0.25, -0.2) is 4.68 Å². The molecule has 0 atom stereocenters. The molecule has 2 aromatic carbocycles. The lowest BCUT2D eigenvalue weighted by Crippen LogP contribution is -1.94. The van der Waals surface area contributed by atoms with E-state index in [0.717, 1.165) is 22.6 Å². The Bertz CT molecular complexity index is 946. The monoisotopic (exact) mass is 334 g/mol. The van der Waals surface area contributed by atoms with Gasteiger partial charge in [-0.1, -0.05) is 17.3 Å². The van der Waals surface area contributed by atoms with E-state index in [1.54, 1.807) is 11.8 Å². The van der Waals surface area contributed by atoms with E-state index in [4.69, 9.17) is 9.26 Å². The Morgan fingerprint density at radius 2 is 1.84 bits per heavy atom. The zero-order valence-electron chi connectivity index (χ0n) is 13.4. The fourth-order valence-corrected chi connectivity index (χ4v) is 2.41.